The van der Waals surface area contributed by atoms with Gasteiger partial charge in [0.15, 0.2) is 0 Å². The summed E-state index contributed by atoms with van der Waals surface area (Å²) in [6, 6.07) is 5.35. The molecule has 1 aromatic heterocycles. The average Bonchev–Trinajstić information content (AvgIpc) is 2.45. The Hall–Kier alpha value is -1.13. The number of nitrogens with one attached hydrogen (secondary N) is 1. The Labute approximate surface area is 115 Å². The van der Waals surface area contributed by atoms with E-state index in [4.69, 9.17) is 0 Å². The maximum Gasteiger partial charge on any atom is 0.250 e. The molecule has 4 nitrogen and oxygen atoms in total. The first-order valence-electron chi connectivity index (χ1n) is 7.38. The summed E-state index contributed by atoms with van der Waals surface area (Å²) in [5.74, 6) is 0.765. The zero-order chi connectivity index (χ0) is 13.5. The van der Waals surface area contributed by atoms with E-state index in [9.17, 15) is 4.79 Å². The first-order valence-corrected chi connectivity index (χ1v) is 7.38. The zero-order valence-corrected chi connectivity index (χ0v) is 11.8. The third kappa shape index (κ3) is 4.48. The summed E-state index contributed by atoms with van der Waals surface area (Å²) in [5.41, 5.74) is 0.101. The lowest BCUT2D eigenvalue weighted by molar-refractivity contribution is 0.167. The van der Waals surface area contributed by atoms with Gasteiger partial charge in [-0.05, 0) is 44.5 Å². The minimum absolute atomic E-state index is 0.101. The van der Waals surface area contributed by atoms with E-state index in [2.05, 4.69) is 17.1 Å². The van der Waals surface area contributed by atoms with E-state index < -0.39 is 0 Å². The molecule has 0 spiro atoms. The molecular formula is C15H25N3O. The van der Waals surface area contributed by atoms with Crippen LogP contribution in [0.25, 0.3) is 0 Å². The Bertz CT molecular complexity index is 429. The molecule has 1 atom stereocenters. The highest BCUT2D eigenvalue weighted by molar-refractivity contribution is 4.93. The predicted octanol–water partition coefficient (Wildman–Crippen LogP) is 1.17. The minimum Gasteiger partial charge on any atom is -0.317 e. The number of rotatable bonds is 6. The van der Waals surface area contributed by atoms with Gasteiger partial charge in [-0.25, -0.2) is 0 Å². The van der Waals surface area contributed by atoms with Crippen LogP contribution < -0.4 is 10.9 Å². The van der Waals surface area contributed by atoms with Crippen molar-refractivity contribution < 1.29 is 0 Å². The van der Waals surface area contributed by atoms with Gasteiger partial charge in [0.1, 0.15) is 0 Å². The fourth-order valence-electron chi connectivity index (χ4n) is 2.76. The van der Waals surface area contributed by atoms with Crippen molar-refractivity contribution in [3.63, 3.8) is 0 Å². The monoisotopic (exact) mass is 263 g/mol. The lowest BCUT2D eigenvalue weighted by Crippen LogP contribution is -2.41. The summed E-state index contributed by atoms with van der Waals surface area (Å²) in [5, 5.41) is 3.44. The third-order valence-electron chi connectivity index (χ3n) is 3.84. The molecule has 106 valence electrons. The number of hydrogen-bond acceptors (Lipinski definition) is 3. The second-order valence-electron chi connectivity index (χ2n) is 5.35. The molecule has 0 radical (unpaired) electrons. The molecule has 1 unspecified atom stereocenters. The van der Waals surface area contributed by atoms with E-state index in [0.29, 0.717) is 0 Å². The molecule has 1 aliphatic rings. The molecule has 0 aromatic carbocycles. The highest BCUT2D eigenvalue weighted by atomic mass is 16.1. The van der Waals surface area contributed by atoms with Gasteiger partial charge in [0.25, 0.3) is 5.56 Å². The van der Waals surface area contributed by atoms with Gasteiger partial charge in [-0.1, -0.05) is 13.0 Å². The summed E-state index contributed by atoms with van der Waals surface area (Å²) >= 11 is 0. The molecular weight excluding hydrogens is 238 g/mol. The van der Waals surface area contributed by atoms with Crippen LogP contribution in [-0.4, -0.2) is 42.2 Å². The molecule has 4 heteroatoms. The molecule has 19 heavy (non-hydrogen) atoms. The van der Waals surface area contributed by atoms with E-state index in [1.165, 1.54) is 19.4 Å². The Balaban J connectivity index is 1.79. The van der Waals surface area contributed by atoms with Gasteiger partial charge in [-0.15, -0.1) is 0 Å². The van der Waals surface area contributed by atoms with E-state index in [0.717, 1.165) is 38.6 Å². The van der Waals surface area contributed by atoms with Crippen LogP contribution in [0.3, 0.4) is 0 Å². The standard InChI is InChI=1S/C15H25N3O/c1-2-16-12-14-6-5-8-17(13-14)10-11-18-9-4-3-7-15(18)19/h3-4,7,9,14,16H,2,5-6,8,10-13H2,1H3. The highest BCUT2D eigenvalue weighted by Crippen LogP contribution is 2.15. The number of nitrogens with zero attached hydrogens (tertiary/aromatic N) is 2. The first-order chi connectivity index (χ1) is 9.29. The van der Waals surface area contributed by atoms with Crippen LogP contribution >= 0.6 is 0 Å². The van der Waals surface area contributed by atoms with Crippen molar-refractivity contribution in [3.8, 4) is 0 Å². The first kappa shape index (κ1) is 14.3. The van der Waals surface area contributed by atoms with Crippen LogP contribution in [0.4, 0.5) is 0 Å². The lowest BCUT2D eigenvalue weighted by atomic mass is 9.98. The number of hydrogen-bond donors (Lipinski definition) is 1. The van der Waals surface area contributed by atoms with Gasteiger partial charge >= 0.3 is 0 Å². The normalized spacial score (nSPS) is 20.6. The van der Waals surface area contributed by atoms with E-state index >= 15 is 0 Å². The lowest BCUT2D eigenvalue weighted by Gasteiger charge is -2.32. The minimum atomic E-state index is 0.101. The number of piperidine rings is 1. The van der Waals surface area contributed by atoms with Crippen LogP contribution in [-0.2, 0) is 6.54 Å². The third-order valence-corrected chi connectivity index (χ3v) is 3.84. The van der Waals surface area contributed by atoms with Crippen LogP contribution in [0.15, 0.2) is 29.2 Å². The van der Waals surface area contributed by atoms with Gasteiger partial charge in [0.2, 0.25) is 0 Å². The summed E-state index contributed by atoms with van der Waals surface area (Å²) in [6.07, 6.45) is 4.48. The zero-order valence-electron chi connectivity index (χ0n) is 11.8. The number of likely N-dealkylation sites (tertiary alicyclic amines) is 1. The van der Waals surface area contributed by atoms with Crippen molar-refractivity contribution in [1.82, 2.24) is 14.8 Å². The molecule has 1 fully saturated rings. The largest absolute Gasteiger partial charge is 0.317 e. The van der Waals surface area contributed by atoms with Crippen molar-refractivity contribution in [2.75, 3.05) is 32.7 Å². The Morgan fingerprint density at radius 1 is 1.37 bits per heavy atom. The van der Waals surface area contributed by atoms with Crippen LogP contribution in [0, 0.1) is 5.92 Å². The van der Waals surface area contributed by atoms with Gasteiger partial charge in [0, 0.05) is 31.9 Å². The van der Waals surface area contributed by atoms with Gasteiger partial charge in [-0.3, -0.25) is 4.79 Å². The molecule has 1 saturated heterocycles. The van der Waals surface area contributed by atoms with E-state index in [-0.39, 0.29) is 5.56 Å². The van der Waals surface area contributed by atoms with Crippen molar-refractivity contribution >= 4 is 0 Å². The predicted molar refractivity (Wildman–Crippen MR) is 78.4 cm³/mol. The molecule has 0 amide bonds. The van der Waals surface area contributed by atoms with Crippen molar-refractivity contribution in [2.24, 2.45) is 5.92 Å². The highest BCUT2D eigenvalue weighted by Gasteiger charge is 2.18. The van der Waals surface area contributed by atoms with E-state index in [1.807, 2.05) is 12.3 Å². The van der Waals surface area contributed by atoms with Gasteiger partial charge in [-0.2, -0.15) is 0 Å². The van der Waals surface area contributed by atoms with Crippen molar-refractivity contribution in [1.29, 1.82) is 0 Å². The maximum atomic E-state index is 11.6. The maximum absolute atomic E-state index is 11.6. The van der Waals surface area contributed by atoms with Gasteiger partial charge in [0.05, 0.1) is 0 Å². The molecule has 2 heterocycles. The average molecular weight is 263 g/mol. The van der Waals surface area contributed by atoms with Crippen LogP contribution in [0.5, 0.6) is 0 Å². The van der Waals surface area contributed by atoms with Crippen molar-refractivity contribution in [2.45, 2.75) is 26.3 Å². The van der Waals surface area contributed by atoms with Gasteiger partial charge < -0.3 is 14.8 Å². The SMILES string of the molecule is CCNCC1CCCN(CCn2ccccc2=O)C1. The van der Waals surface area contributed by atoms with Crippen LogP contribution in [0.1, 0.15) is 19.8 Å². The molecule has 0 saturated carbocycles. The second-order valence-corrected chi connectivity index (χ2v) is 5.35. The molecule has 2 rings (SSSR count). The number of aromatic nitrogens is 1. The Morgan fingerprint density at radius 2 is 2.26 bits per heavy atom. The topological polar surface area (TPSA) is 37.3 Å². The molecule has 1 N–H and O–H groups in total. The molecule has 1 aliphatic heterocycles. The summed E-state index contributed by atoms with van der Waals surface area (Å²) in [7, 11) is 0. The Morgan fingerprint density at radius 3 is 3.05 bits per heavy atom. The van der Waals surface area contributed by atoms with Crippen LogP contribution in [0.2, 0.25) is 0 Å². The summed E-state index contributed by atoms with van der Waals surface area (Å²) < 4.78 is 1.80. The second kappa shape index (κ2) is 7.46. The smallest absolute Gasteiger partial charge is 0.250 e. The fourth-order valence-corrected chi connectivity index (χ4v) is 2.76. The van der Waals surface area contributed by atoms with Crippen molar-refractivity contribution in [3.05, 3.63) is 34.7 Å². The number of pyridine rings is 1. The summed E-state index contributed by atoms with van der Waals surface area (Å²) in [6.45, 7) is 8.44. The molecule has 1 aromatic rings. The molecule has 0 bridgehead atoms. The van der Waals surface area contributed by atoms with E-state index in [1.54, 1.807) is 16.7 Å². The molecule has 0 aliphatic carbocycles. The summed E-state index contributed by atoms with van der Waals surface area (Å²) in [4.78, 5) is 14.1. The quantitative estimate of drug-likeness (QED) is 0.837. The Kier molecular flexibility index (Phi) is 5.61. The fraction of sp³-hybridized carbons (Fsp3) is 0.667.